The van der Waals surface area contributed by atoms with Crippen molar-refractivity contribution in [3.8, 4) is 11.9 Å². The fourth-order valence-corrected chi connectivity index (χ4v) is 4.07. The molecule has 2 aromatic rings. The van der Waals surface area contributed by atoms with Crippen LogP contribution >= 0.6 is 0 Å². The number of nitriles is 1. The number of ether oxygens (including phenoxy) is 1. The molecule has 0 radical (unpaired) electrons. The van der Waals surface area contributed by atoms with E-state index < -0.39 is 15.9 Å². The third kappa shape index (κ3) is 5.43. The van der Waals surface area contributed by atoms with Gasteiger partial charge < -0.3 is 20.7 Å². The third-order valence-electron chi connectivity index (χ3n) is 4.94. The first-order valence-electron chi connectivity index (χ1n) is 9.99. The summed E-state index contributed by atoms with van der Waals surface area (Å²) in [4.78, 5) is 23.0. The number of piperazine rings is 1. The van der Waals surface area contributed by atoms with Gasteiger partial charge in [0.05, 0.1) is 18.6 Å². The Labute approximate surface area is 186 Å². The number of aromatic nitrogens is 2. The van der Waals surface area contributed by atoms with Crippen molar-refractivity contribution in [2.45, 2.75) is 13.5 Å². The van der Waals surface area contributed by atoms with Crippen LogP contribution in [-0.4, -0.2) is 67.6 Å². The van der Waals surface area contributed by atoms with Crippen LogP contribution in [0.1, 0.15) is 28.5 Å². The summed E-state index contributed by atoms with van der Waals surface area (Å²) in [5.41, 5.74) is 6.91. The maximum absolute atomic E-state index is 12.5. The van der Waals surface area contributed by atoms with Gasteiger partial charge in [-0.05, 0) is 24.6 Å². The van der Waals surface area contributed by atoms with Crippen LogP contribution in [0.15, 0.2) is 24.4 Å². The van der Waals surface area contributed by atoms with Crippen LogP contribution in [0, 0.1) is 11.3 Å². The van der Waals surface area contributed by atoms with E-state index in [0.29, 0.717) is 26.2 Å². The molecule has 0 aromatic carbocycles. The largest absolute Gasteiger partial charge is 0.477 e. The van der Waals surface area contributed by atoms with Crippen LogP contribution < -0.4 is 20.7 Å². The van der Waals surface area contributed by atoms with Gasteiger partial charge in [-0.3, -0.25) is 4.79 Å². The molecule has 1 aliphatic heterocycles. The predicted octanol–water partition coefficient (Wildman–Crippen LogP) is 0.341. The molecule has 3 N–H and O–H groups in total. The van der Waals surface area contributed by atoms with E-state index in [-0.39, 0.29) is 36.0 Å². The lowest BCUT2D eigenvalue weighted by molar-refractivity contribution is 0.0944. The first-order valence-corrected chi connectivity index (χ1v) is 11.8. The summed E-state index contributed by atoms with van der Waals surface area (Å²) < 4.78 is 30.0. The van der Waals surface area contributed by atoms with Gasteiger partial charge in [-0.1, -0.05) is 6.07 Å². The molecule has 32 heavy (non-hydrogen) atoms. The van der Waals surface area contributed by atoms with Crippen molar-refractivity contribution in [1.82, 2.24) is 19.6 Å². The maximum atomic E-state index is 12.5. The number of nitrogen functional groups attached to an aromatic ring is 1. The van der Waals surface area contributed by atoms with E-state index in [1.165, 1.54) is 16.6 Å². The molecule has 0 bridgehead atoms. The van der Waals surface area contributed by atoms with Crippen LogP contribution in [0.3, 0.4) is 0 Å². The molecule has 170 valence electrons. The average Bonchev–Trinajstić information content (AvgIpc) is 2.77. The van der Waals surface area contributed by atoms with Gasteiger partial charge in [0, 0.05) is 38.9 Å². The summed E-state index contributed by atoms with van der Waals surface area (Å²) in [5.74, 6) is 0.321. The molecule has 12 heteroatoms. The molecule has 3 heterocycles. The van der Waals surface area contributed by atoms with Gasteiger partial charge in [0.2, 0.25) is 15.9 Å². The summed E-state index contributed by atoms with van der Waals surface area (Å²) in [5, 5.41) is 11.9. The minimum absolute atomic E-state index is 0.0298. The normalized spacial score (nSPS) is 14.6. The summed E-state index contributed by atoms with van der Waals surface area (Å²) in [7, 11) is -3.18. The summed E-state index contributed by atoms with van der Waals surface area (Å²) in [6.45, 7) is 4.21. The standard InChI is InChI=1S/C20H25N7O4S/c1-3-31-20-15(11-21)16(22)10-17(25-20)19(28)24-13-14-4-5-18(23-12-14)26-6-8-27(9-7-26)32(2,29)30/h4-5,10,12H,3,6-9,13H2,1-2H3,(H2,22,25)(H,24,28). The monoisotopic (exact) mass is 459 g/mol. The lowest BCUT2D eigenvalue weighted by atomic mass is 10.2. The first-order chi connectivity index (χ1) is 15.2. The molecule has 1 amide bonds. The van der Waals surface area contributed by atoms with E-state index in [2.05, 4.69) is 15.3 Å². The number of anilines is 2. The minimum atomic E-state index is -3.18. The molecule has 0 atom stereocenters. The number of carbonyl (C=O) groups is 1. The van der Waals surface area contributed by atoms with Crippen LogP contribution in [0.25, 0.3) is 0 Å². The maximum Gasteiger partial charge on any atom is 0.270 e. The Morgan fingerprint density at radius 2 is 2.03 bits per heavy atom. The van der Waals surface area contributed by atoms with E-state index in [1.54, 1.807) is 13.1 Å². The Balaban J connectivity index is 1.60. The van der Waals surface area contributed by atoms with Gasteiger partial charge >= 0.3 is 0 Å². The Bertz CT molecular complexity index is 1120. The quantitative estimate of drug-likeness (QED) is 0.596. The Morgan fingerprint density at radius 1 is 1.31 bits per heavy atom. The number of sulfonamides is 1. The predicted molar refractivity (Wildman–Crippen MR) is 119 cm³/mol. The molecule has 2 aromatic heterocycles. The smallest absolute Gasteiger partial charge is 0.270 e. The van der Waals surface area contributed by atoms with Crippen molar-refractivity contribution in [3.63, 3.8) is 0 Å². The zero-order valence-electron chi connectivity index (χ0n) is 17.9. The lowest BCUT2D eigenvalue weighted by Crippen LogP contribution is -2.48. The average molecular weight is 460 g/mol. The Hall–Kier alpha value is -3.43. The fourth-order valence-electron chi connectivity index (χ4n) is 3.24. The van der Waals surface area contributed by atoms with Gasteiger partial charge in [0.25, 0.3) is 5.91 Å². The summed E-state index contributed by atoms with van der Waals surface area (Å²) in [6, 6.07) is 6.95. The van der Waals surface area contributed by atoms with Crippen molar-refractivity contribution < 1.29 is 17.9 Å². The van der Waals surface area contributed by atoms with Crippen LogP contribution in [0.4, 0.5) is 11.5 Å². The molecule has 0 spiro atoms. The number of pyridine rings is 2. The third-order valence-corrected chi connectivity index (χ3v) is 6.24. The van der Waals surface area contributed by atoms with Crippen LogP contribution in [0.5, 0.6) is 5.88 Å². The molecular formula is C20H25N7O4S. The number of carbonyl (C=O) groups excluding carboxylic acids is 1. The summed E-state index contributed by atoms with van der Waals surface area (Å²) in [6.07, 6.45) is 2.87. The number of hydrogen-bond donors (Lipinski definition) is 2. The van der Waals surface area contributed by atoms with Gasteiger partial charge in [-0.15, -0.1) is 0 Å². The van der Waals surface area contributed by atoms with E-state index in [9.17, 15) is 18.5 Å². The highest BCUT2D eigenvalue weighted by atomic mass is 32.2. The molecule has 0 aliphatic carbocycles. The molecule has 0 saturated carbocycles. The van der Waals surface area contributed by atoms with Crippen molar-refractivity contribution in [3.05, 3.63) is 41.2 Å². The Morgan fingerprint density at radius 3 is 2.59 bits per heavy atom. The highest BCUT2D eigenvalue weighted by Crippen LogP contribution is 2.23. The van der Waals surface area contributed by atoms with Crippen molar-refractivity contribution >= 4 is 27.4 Å². The molecular weight excluding hydrogens is 434 g/mol. The van der Waals surface area contributed by atoms with Gasteiger partial charge in [-0.2, -0.15) is 9.57 Å². The van der Waals surface area contributed by atoms with E-state index in [0.717, 1.165) is 11.4 Å². The number of nitrogens with one attached hydrogen (secondary N) is 1. The first kappa shape index (κ1) is 23.2. The fraction of sp³-hybridized carbons (Fsp3) is 0.400. The van der Waals surface area contributed by atoms with Crippen molar-refractivity contribution in [2.75, 3.05) is 49.7 Å². The van der Waals surface area contributed by atoms with E-state index in [1.807, 2.05) is 23.1 Å². The second kappa shape index (κ2) is 9.80. The van der Waals surface area contributed by atoms with Gasteiger partial charge in [0.15, 0.2) is 0 Å². The highest BCUT2D eigenvalue weighted by Gasteiger charge is 2.24. The van der Waals surface area contributed by atoms with Crippen molar-refractivity contribution in [2.24, 2.45) is 0 Å². The topological polar surface area (TPSA) is 155 Å². The van der Waals surface area contributed by atoms with Crippen LogP contribution in [-0.2, 0) is 16.6 Å². The zero-order valence-corrected chi connectivity index (χ0v) is 18.7. The van der Waals surface area contributed by atoms with Crippen LogP contribution in [0.2, 0.25) is 0 Å². The number of hydrogen-bond acceptors (Lipinski definition) is 9. The Kier molecular flexibility index (Phi) is 7.12. The van der Waals surface area contributed by atoms with Gasteiger partial charge in [-0.25, -0.2) is 18.4 Å². The second-order valence-electron chi connectivity index (χ2n) is 7.18. The molecule has 3 rings (SSSR count). The molecule has 0 unspecified atom stereocenters. The molecule has 1 saturated heterocycles. The number of amides is 1. The van der Waals surface area contributed by atoms with E-state index >= 15 is 0 Å². The molecule has 1 aliphatic rings. The van der Waals surface area contributed by atoms with Crippen molar-refractivity contribution in [1.29, 1.82) is 5.26 Å². The highest BCUT2D eigenvalue weighted by molar-refractivity contribution is 7.88. The molecule has 1 fully saturated rings. The minimum Gasteiger partial charge on any atom is -0.477 e. The van der Waals surface area contributed by atoms with E-state index in [4.69, 9.17) is 10.5 Å². The lowest BCUT2D eigenvalue weighted by Gasteiger charge is -2.34. The zero-order chi connectivity index (χ0) is 23.3. The second-order valence-corrected chi connectivity index (χ2v) is 9.16. The number of nitrogens with two attached hydrogens (primary N) is 1. The summed E-state index contributed by atoms with van der Waals surface area (Å²) >= 11 is 0. The number of nitrogens with zero attached hydrogens (tertiary/aromatic N) is 5. The van der Waals surface area contributed by atoms with Gasteiger partial charge in [0.1, 0.15) is 23.1 Å². The SMILES string of the molecule is CCOc1nc(C(=O)NCc2ccc(N3CCN(S(C)(=O)=O)CC3)nc2)cc(N)c1C#N. The molecule has 11 nitrogen and oxygen atoms in total. The number of rotatable bonds is 7.